The molecule has 3 aromatic carbocycles. The van der Waals surface area contributed by atoms with Gasteiger partial charge in [0.1, 0.15) is 0 Å². The Kier molecular flexibility index (Phi) is 8.05. The monoisotopic (exact) mass is 418 g/mol. The molecular weight excluding hydrogens is 392 g/mol. The van der Waals surface area contributed by atoms with Crippen molar-refractivity contribution in [3.8, 4) is 11.5 Å². The van der Waals surface area contributed by atoms with Crippen molar-refractivity contribution in [1.82, 2.24) is 5.32 Å². The van der Waals surface area contributed by atoms with Crippen molar-refractivity contribution in [3.05, 3.63) is 90.0 Å². The van der Waals surface area contributed by atoms with Gasteiger partial charge in [-0.2, -0.15) is 0 Å². The Balaban J connectivity index is 1.51. The Hall–Kier alpha value is -3.80. The second-order valence-corrected chi connectivity index (χ2v) is 6.83. The Labute approximate surface area is 182 Å². The van der Waals surface area contributed by atoms with E-state index in [1.165, 1.54) is 0 Å². The zero-order valence-corrected chi connectivity index (χ0v) is 17.5. The average Bonchev–Trinajstić information content (AvgIpc) is 2.80. The molecule has 0 atom stereocenters. The Bertz CT molecular complexity index is 1010. The van der Waals surface area contributed by atoms with E-state index in [-0.39, 0.29) is 24.8 Å². The number of hydrogen-bond donors (Lipinski definition) is 2. The number of para-hydroxylation sites is 3. The van der Waals surface area contributed by atoms with Crippen molar-refractivity contribution in [2.45, 2.75) is 12.8 Å². The molecule has 0 aliphatic rings. The van der Waals surface area contributed by atoms with Crippen LogP contribution in [0.2, 0.25) is 0 Å². The third kappa shape index (κ3) is 6.60. The molecule has 0 fully saturated rings. The molecule has 0 saturated heterocycles. The summed E-state index contributed by atoms with van der Waals surface area (Å²) in [6, 6.07) is 24.2. The van der Waals surface area contributed by atoms with E-state index < -0.39 is 0 Å². The lowest BCUT2D eigenvalue weighted by Gasteiger charge is -2.13. The fourth-order valence-corrected chi connectivity index (χ4v) is 3.05. The van der Waals surface area contributed by atoms with E-state index in [2.05, 4.69) is 10.6 Å². The fourth-order valence-electron chi connectivity index (χ4n) is 3.05. The molecule has 0 bridgehead atoms. The fraction of sp³-hybridized carbons (Fsp3) is 0.200. The maximum atomic E-state index is 12.6. The highest BCUT2D eigenvalue weighted by Crippen LogP contribution is 2.25. The SMILES string of the molecule is COc1ccccc1OCCC(=O)Nc1ccccc1C(=O)NCCc1ccccc1. The quantitative estimate of drug-likeness (QED) is 0.520. The van der Waals surface area contributed by atoms with E-state index in [4.69, 9.17) is 9.47 Å². The van der Waals surface area contributed by atoms with Crippen molar-refractivity contribution in [1.29, 1.82) is 0 Å². The Morgan fingerprint density at radius 3 is 2.29 bits per heavy atom. The Morgan fingerprint density at radius 2 is 1.52 bits per heavy atom. The summed E-state index contributed by atoms with van der Waals surface area (Å²) in [5.41, 5.74) is 2.05. The van der Waals surface area contributed by atoms with Crippen LogP contribution in [-0.4, -0.2) is 32.1 Å². The standard InChI is InChI=1S/C25H26N2O4/c1-30-22-13-7-8-14-23(22)31-18-16-24(28)27-21-12-6-5-11-20(21)25(29)26-17-15-19-9-3-2-4-10-19/h2-14H,15-18H2,1H3,(H,26,29)(H,27,28). The lowest BCUT2D eigenvalue weighted by Crippen LogP contribution is -2.27. The van der Waals surface area contributed by atoms with Crippen molar-refractivity contribution in [3.63, 3.8) is 0 Å². The summed E-state index contributed by atoms with van der Waals surface area (Å²) in [7, 11) is 1.57. The molecule has 0 aliphatic carbocycles. The van der Waals surface area contributed by atoms with Gasteiger partial charge in [-0.1, -0.05) is 54.6 Å². The number of rotatable bonds is 10. The largest absolute Gasteiger partial charge is 0.493 e. The van der Waals surface area contributed by atoms with E-state index in [0.717, 1.165) is 12.0 Å². The first-order valence-electron chi connectivity index (χ1n) is 10.1. The summed E-state index contributed by atoms with van der Waals surface area (Å²) in [6.45, 7) is 0.704. The van der Waals surface area contributed by atoms with E-state index in [1.807, 2.05) is 42.5 Å². The van der Waals surface area contributed by atoms with Gasteiger partial charge in [0.2, 0.25) is 5.91 Å². The maximum Gasteiger partial charge on any atom is 0.253 e. The smallest absolute Gasteiger partial charge is 0.253 e. The van der Waals surface area contributed by atoms with Crippen LogP contribution in [0.25, 0.3) is 0 Å². The molecule has 3 aromatic rings. The van der Waals surface area contributed by atoms with E-state index in [0.29, 0.717) is 29.3 Å². The predicted molar refractivity (Wildman–Crippen MR) is 121 cm³/mol. The van der Waals surface area contributed by atoms with Gasteiger partial charge in [-0.15, -0.1) is 0 Å². The summed E-state index contributed by atoms with van der Waals surface area (Å²) >= 11 is 0. The minimum Gasteiger partial charge on any atom is -0.493 e. The maximum absolute atomic E-state index is 12.6. The molecule has 0 saturated carbocycles. The van der Waals surface area contributed by atoms with Gasteiger partial charge in [0.25, 0.3) is 5.91 Å². The van der Waals surface area contributed by atoms with Crippen LogP contribution in [-0.2, 0) is 11.2 Å². The van der Waals surface area contributed by atoms with Crippen LogP contribution in [0.4, 0.5) is 5.69 Å². The summed E-state index contributed by atoms with van der Waals surface area (Å²) in [6.07, 6.45) is 0.878. The molecule has 0 heterocycles. The molecule has 6 heteroatoms. The van der Waals surface area contributed by atoms with Crippen LogP contribution in [0.3, 0.4) is 0 Å². The number of amides is 2. The molecule has 0 unspecified atom stereocenters. The first kappa shape index (κ1) is 21.9. The van der Waals surface area contributed by atoms with E-state index in [9.17, 15) is 9.59 Å². The lowest BCUT2D eigenvalue weighted by molar-refractivity contribution is -0.116. The number of hydrogen-bond acceptors (Lipinski definition) is 4. The van der Waals surface area contributed by atoms with Gasteiger partial charge in [0, 0.05) is 6.54 Å². The molecular formula is C25H26N2O4. The number of nitrogens with one attached hydrogen (secondary N) is 2. The molecule has 160 valence electrons. The van der Waals surface area contributed by atoms with Gasteiger partial charge in [-0.05, 0) is 36.2 Å². The highest BCUT2D eigenvalue weighted by atomic mass is 16.5. The van der Waals surface area contributed by atoms with Gasteiger partial charge in [-0.3, -0.25) is 9.59 Å². The van der Waals surface area contributed by atoms with Gasteiger partial charge in [0.15, 0.2) is 11.5 Å². The average molecular weight is 418 g/mol. The van der Waals surface area contributed by atoms with Gasteiger partial charge in [-0.25, -0.2) is 0 Å². The number of carbonyl (C=O) groups is 2. The minimum atomic E-state index is -0.237. The van der Waals surface area contributed by atoms with Crippen molar-refractivity contribution < 1.29 is 19.1 Å². The van der Waals surface area contributed by atoms with Gasteiger partial charge < -0.3 is 20.1 Å². The molecule has 0 aromatic heterocycles. The highest BCUT2D eigenvalue weighted by molar-refractivity contribution is 6.03. The summed E-state index contributed by atoms with van der Waals surface area (Å²) in [5.74, 6) is 0.730. The van der Waals surface area contributed by atoms with Crippen molar-refractivity contribution >= 4 is 17.5 Å². The molecule has 2 amide bonds. The number of ether oxygens (including phenoxy) is 2. The summed E-state index contributed by atoms with van der Waals surface area (Å²) < 4.78 is 10.9. The van der Waals surface area contributed by atoms with Gasteiger partial charge >= 0.3 is 0 Å². The molecule has 2 N–H and O–H groups in total. The van der Waals surface area contributed by atoms with Crippen LogP contribution < -0.4 is 20.1 Å². The summed E-state index contributed by atoms with van der Waals surface area (Å²) in [4.78, 5) is 25.0. The second kappa shape index (κ2) is 11.4. The van der Waals surface area contributed by atoms with Crippen LogP contribution in [0, 0.1) is 0 Å². The topological polar surface area (TPSA) is 76.7 Å². The molecule has 3 rings (SSSR count). The number of carbonyl (C=O) groups excluding carboxylic acids is 2. The van der Waals surface area contributed by atoms with E-state index >= 15 is 0 Å². The molecule has 0 aliphatic heterocycles. The van der Waals surface area contributed by atoms with Crippen LogP contribution >= 0.6 is 0 Å². The van der Waals surface area contributed by atoms with Crippen molar-refractivity contribution in [2.75, 3.05) is 25.6 Å². The van der Waals surface area contributed by atoms with Crippen LogP contribution in [0.1, 0.15) is 22.3 Å². The first-order chi connectivity index (χ1) is 15.2. The lowest BCUT2D eigenvalue weighted by atomic mass is 10.1. The molecule has 0 spiro atoms. The molecule has 0 radical (unpaired) electrons. The molecule has 6 nitrogen and oxygen atoms in total. The predicted octanol–water partition coefficient (Wildman–Crippen LogP) is 4.08. The van der Waals surface area contributed by atoms with E-state index in [1.54, 1.807) is 43.5 Å². The Morgan fingerprint density at radius 1 is 0.839 bits per heavy atom. The number of benzene rings is 3. The zero-order valence-electron chi connectivity index (χ0n) is 17.5. The van der Waals surface area contributed by atoms with Crippen molar-refractivity contribution in [2.24, 2.45) is 0 Å². The second-order valence-electron chi connectivity index (χ2n) is 6.83. The van der Waals surface area contributed by atoms with Crippen LogP contribution in [0.15, 0.2) is 78.9 Å². The third-order valence-electron chi connectivity index (χ3n) is 4.64. The number of anilines is 1. The highest BCUT2D eigenvalue weighted by Gasteiger charge is 2.13. The number of methoxy groups -OCH3 is 1. The normalized spacial score (nSPS) is 10.2. The summed E-state index contributed by atoms with van der Waals surface area (Å²) in [5, 5.41) is 5.71. The van der Waals surface area contributed by atoms with Gasteiger partial charge in [0.05, 0.1) is 31.4 Å². The first-order valence-corrected chi connectivity index (χ1v) is 10.1. The van der Waals surface area contributed by atoms with Crippen LogP contribution in [0.5, 0.6) is 11.5 Å². The third-order valence-corrected chi connectivity index (χ3v) is 4.64. The zero-order chi connectivity index (χ0) is 21.9. The molecule has 31 heavy (non-hydrogen) atoms. The minimum absolute atomic E-state index is 0.141.